The summed E-state index contributed by atoms with van der Waals surface area (Å²) in [5.74, 6) is 0. The van der Waals surface area contributed by atoms with Gasteiger partial charge in [-0.3, -0.25) is 0 Å². The van der Waals surface area contributed by atoms with Crippen LogP contribution in [0.2, 0.25) is 0 Å². The second-order valence-corrected chi connectivity index (χ2v) is 14.1. The van der Waals surface area contributed by atoms with Crippen molar-refractivity contribution in [3.05, 3.63) is 140 Å². The van der Waals surface area contributed by atoms with Crippen LogP contribution < -0.4 is 15.9 Å². The molecule has 0 unspecified atom stereocenters. The van der Waals surface area contributed by atoms with E-state index in [0.717, 1.165) is 0 Å². The lowest BCUT2D eigenvalue weighted by Gasteiger charge is -2.30. The Morgan fingerprint density at radius 3 is 1.15 bits per heavy atom. The van der Waals surface area contributed by atoms with Gasteiger partial charge in [0.05, 0.1) is 0 Å². The van der Waals surface area contributed by atoms with Crippen LogP contribution in [0, 0.1) is 0 Å². The Hall–Kier alpha value is -4.64. The standard InChI is InChI=1S/C39H25P/c1-40(31-11-3-2-4-12-31,34-23-19-29-15-13-25-7-5-9-27-17-21-32(34)38(29)36(25)27)35-24-20-30-16-14-26-8-6-10-28-18-22-33(35)39(30)37(26)28/h2-24H,1H2. The highest BCUT2D eigenvalue weighted by atomic mass is 31.2. The fourth-order valence-electron chi connectivity index (χ4n) is 7.20. The molecule has 1 heteroatoms. The minimum Gasteiger partial charge on any atom is -0.0886 e. The van der Waals surface area contributed by atoms with E-state index in [2.05, 4.69) is 140 Å². The number of hydrogen-bond acceptors (Lipinski definition) is 0. The van der Waals surface area contributed by atoms with Crippen molar-refractivity contribution in [2.45, 2.75) is 0 Å². The van der Waals surface area contributed by atoms with Gasteiger partial charge in [0.25, 0.3) is 0 Å². The lowest BCUT2D eigenvalue weighted by molar-refractivity contribution is 1.76. The van der Waals surface area contributed by atoms with Crippen molar-refractivity contribution in [3.63, 3.8) is 0 Å². The Bertz CT molecular complexity index is 2270. The van der Waals surface area contributed by atoms with Crippen molar-refractivity contribution in [1.29, 1.82) is 0 Å². The second-order valence-electron chi connectivity index (χ2n) is 11.0. The summed E-state index contributed by atoms with van der Waals surface area (Å²) in [4.78, 5) is 0. The number of rotatable bonds is 3. The molecule has 0 heterocycles. The van der Waals surface area contributed by atoms with Crippen molar-refractivity contribution in [2.75, 3.05) is 0 Å². The largest absolute Gasteiger partial charge is 0.0886 e. The van der Waals surface area contributed by atoms with Crippen LogP contribution in [0.15, 0.2) is 140 Å². The highest BCUT2D eigenvalue weighted by Gasteiger charge is 2.28. The van der Waals surface area contributed by atoms with E-state index in [0.29, 0.717) is 0 Å². The molecule has 9 aromatic carbocycles. The first-order chi connectivity index (χ1) is 19.7. The molecular weight excluding hydrogens is 499 g/mol. The molecule has 186 valence electrons. The molecule has 0 atom stereocenters. The minimum atomic E-state index is -2.29. The Labute approximate surface area is 232 Å². The number of hydrogen-bond donors (Lipinski definition) is 0. The second kappa shape index (κ2) is 7.95. The zero-order valence-electron chi connectivity index (χ0n) is 21.9. The fraction of sp³-hybridized carbons (Fsp3) is 0. The SMILES string of the molecule is C=P(c1ccccc1)(c1ccc2ccc3cccc4ccc1c2c34)c1ccc2ccc3cccc4ccc1c2c34. The minimum absolute atomic E-state index is 1.29. The summed E-state index contributed by atoms with van der Waals surface area (Å²) in [7, 11) is 0. The lowest BCUT2D eigenvalue weighted by Crippen LogP contribution is -2.26. The van der Waals surface area contributed by atoms with Gasteiger partial charge in [-0.15, -0.1) is 0 Å². The smallest absolute Gasteiger partial charge is 0.00202 e. The molecule has 0 amide bonds. The van der Waals surface area contributed by atoms with Gasteiger partial charge in [-0.25, -0.2) is 0 Å². The van der Waals surface area contributed by atoms with Crippen LogP contribution in [0.4, 0.5) is 0 Å². The lowest BCUT2D eigenvalue weighted by atomic mass is 9.94. The summed E-state index contributed by atoms with van der Waals surface area (Å²) in [6.45, 7) is -2.29. The molecule has 0 nitrogen and oxygen atoms in total. The van der Waals surface area contributed by atoms with E-state index < -0.39 is 6.89 Å². The van der Waals surface area contributed by atoms with Crippen molar-refractivity contribution >= 4 is 93.7 Å². The monoisotopic (exact) mass is 524 g/mol. The molecule has 0 radical (unpaired) electrons. The van der Waals surface area contributed by atoms with Gasteiger partial charge < -0.3 is 0 Å². The topological polar surface area (TPSA) is 0 Å². The highest BCUT2D eigenvalue weighted by Crippen LogP contribution is 2.49. The van der Waals surface area contributed by atoms with Crippen molar-refractivity contribution in [2.24, 2.45) is 0 Å². The average molecular weight is 525 g/mol. The maximum atomic E-state index is 5.26. The van der Waals surface area contributed by atoms with Gasteiger partial charge in [0.1, 0.15) is 0 Å². The summed E-state index contributed by atoms with van der Waals surface area (Å²) < 4.78 is 0. The molecule has 0 saturated heterocycles. The first-order valence-electron chi connectivity index (χ1n) is 13.8. The van der Waals surface area contributed by atoms with Crippen LogP contribution in [0.1, 0.15) is 0 Å². The van der Waals surface area contributed by atoms with Gasteiger partial charge in [-0.1, -0.05) is 146 Å². The van der Waals surface area contributed by atoms with Crippen LogP contribution in [0.3, 0.4) is 0 Å². The van der Waals surface area contributed by atoms with E-state index in [1.807, 2.05) is 0 Å². The maximum absolute atomic E-state index is 5.26. The van der Waals surface area contributed by atoms with Crippen LogP contribution in [0.5, 0.6) is 0 Å². The third-order valence-corrected chi connectivity index (χ3v) is 12.6. The molecule has 0 spiro atoms. The maximum Gasteiger partial charge on any atom is -0.00202 e. The highest BCUT2D eigenvalue weighted by molar-refractivity contribution is 7.94. The molecule has 0 saturated carbocycles. The Kier molecular flexibility index (Phi) is 4.41. The van der Waals surface area contributed by atoms with Gasteiger partial charge in [-0.05, 0) is 87.4 Å². The van der Waals surface area contributed by atoms with Gasteiger partial charge in [0, 0.05) is 0 Å². The Morgan fingerprint density at radius 2 is 0.700 bits per heavy atom. The molecule has 0 aliphatic heterocycles. The molecule has 40 heavy (non-hydrogen) atoms. The molecule has 0 bridgehead atoms. The first-order valence-corrected chi connectivity index (χ1v) is 15.8. The van der Waals surface area contributed by atoms with Crippen LogP contribution >= 0.6 is 6.89 Å². The van der Waals surface area contributed by atoms with Gasteiger partial charge in [-0.2, -0.15) is 0 Å². The molecule has 0 aliphatic rings. The summed E-state index contributed by atoms with van der Waals surface area (Å²) in [5.41, 5.74) is 0. The van der Waals surface area contributed by atoms with Gasteiger partial charge in [0.15, 0.2) is 0 Å². The molecule has 0 aromatic heterocycles. The summed E-state index contributed by atoms with van der Waals surface area (Å²) >= 11 is 0. The van der Waals surface area contributed by atoms with E-state index in [-0.39, 0.29) is 0 Å². The molecule has 0 N–H and O–H groups in total. The van der Waals surface area contributed by atoms with E-state index >= 15 is 0 Å². The van der Waals surface area contributed by atoms with Gasteiger partial charge in [0.2, 0.25) is 0 Å². The van der Waals surface area contributed by atoms with E-state index in [1.54, 1.807) is 0 Å². The van der Waals surface area contributed by atoms with Crippen molar-refractivity contribution < 1.29 is 0 Å². The molecule has 9 aromatic rings. The predicted octanol–water partition coefficient (Wildman–Crippen LogP) is 9.21. The van der Waals surface area contributed by atoms with Crippen LogP contribution in [-0.2, 0) is 0 Å². The van der Waals surface area contributed by atoms with E-state index in [4.69, 9.17) is 6.30 Å². The average Bonchev–Trinajstić information content (AvgIpc) is 3.02. The van der Waals surface area contributed by atoms with Crippen molar-refractivity contribution in [1.82, 2.24) is 0 Å². The van der Waals surface area contributed by atoms with E-state index in [9.17, 15) is 0 Å². The predicted molar refractivity (Wildman–Crippen MR) is 180 cm³/mol. The summed E-state index contributed by atoms with van der Waals surface area (Å²) in [5, 5.41) is 19.8. The fourth-order valence-corrected chi connectivity index (χ4v) is 10.5. The van der Waals surface area contributed by atoms with Gasteiger partial charge >= 0.3 is 0 Å². The van der Waals surface area contributed by atoms with E-state index in [1.165, 1.54) is 80.5 Å². The van der Waals surface area contributed by atoms with Crippen LogP contribution in [0.25, 0.3) is 64.6 Å². The molecule has 0 aliphatic carbocycles. The first kappa shape index (κ1) is 22.2. The van der Waals surface area contributed by atoms with Crippen LogP contribution in [-0.4, -0.2) is 6.30 Å². The van der Waals surface area contributed by atoms with Crippen molar-refractivity contribution in [3.8, 4) is 0 Å². The quantitative estimate of drug-likeness (QED) is 0.160. The summed E-state index contributed by atoms with van der Waals surface area (Å²) in [6.07, 6.45) is 5.26. The molecular formula is C39H25P. The third-order valence-electron chi connectivity index (χ3n) is 9.03. The molecule has 0 fully saturated rings. The third kappa shape index (κ3) is 2.82. The Morgan fingerprint density at radius 1 is 0.325 bits per heavy atom. The Balaban J connectivity index is 1.47. The normalized spacial score (nSPS) is 12.6. The molecule has 9 rings (SSSR count). The zero-order chi connectivity index (χ0) is 26.4. The number of benzene rings is 9. The zero-order valence-corrected chi connectivity index (χ0v) is 22.8. The summed E-state index contributed by atoms with van der Waals surface area (Å²) in [6, 6.07) is 52.0.